The zero-order valence-corrected chi connectivity index (χ0v) is 18.4. The number of aromatic nitrogens is 2. The van der Waals surface area contributed by atoms with E-state index in [4.69, 9.17) is 16.1 Å². The number of amides is 2. The average Bonchev–Trinajstić information content (AvgIpc) is 3.37. The van der Waals surface area contributed by atoms with Crippen LogP contribution in [-0.2, 0) is 9.59 Å². The fourth-order valence-corrected chi connectivity index (χ4v) is 4.21. The van der Waals surface area contributed by atoms with E-state index in [0.29, 0.717) is 34.9 Å². The zero-order valence-electron chi connectivity index (χ0n) is 17.7. The number of hydrogen-bond donors (Lipinski definition) is 1. The van der Waals surface area contributed by atoms with Crippen LogP contribution in [0.5, 0.6) is 0 Å². The van der Waals surface area contributed by atoms with Gasteiger partial charge in [0.1, 0.15) is 0 Å². The molecule has 1 aliphatic carbocycles. The molecule has 2 fully saturated rings. The summed E-state index contributed by atoms with van der Waals surface area (Å²) in [7, 11) is 0. The molecule has 1 aliphatic heterocycles. The van der Waals surface area contributed by atoms with Crippen molar-refractivity contribution in [3.8, 4) is 11.4 Å². The molecule has 2 amide bonds. The highest BCUT2D eigenvalue weighted by atomic mass is 35.5. The van der Waals surface area contributed by atoms with Gasteiger partial charge in [-0.3, -0.25) is 9.59 Å². The van der Waals surface area contributed by atoms with Gasteiger partial charge in [0.15, 0.2) is 0 Å². The molecule has 5 rings (SSSR count). The standard InChI is InChI=1S/C24H23ClN4O3/c1-14-8-9-18(12-20(14)25)26-23(31)17-11-21(30)29(13-17)19-7-3-6-16(10-19)22-27-24(32-28-22)15-4-2-5-15/h3,6-10,12,15,17H,2,4-5,11,13H2,1H3,(H,26,31)/t17-/m0/s1. The minimum Gasteiger partial charge on any atom is -0.339 e. The summed E-state index contributed by atoms with van der Waals surface area (Å²) in [6.45, 7) is 2.21. The molecule has 2 heterocycles. The van der Waals surface area contributed by atoms with Crippen molar-refractivity contribution in [2.24, 2.45) is 5.92 Å². The van der Waals surface area contributed by atoms with Crippen LogP contribution in [0.25, 0.3) is 11.4 Å². The summed E-state index contributed by atoms with van der Waals surface area (Å²) < 4.78 is 5.43. The number of nitrogens with one attached hydrogen (secondary N) is 1. The van der Waals surface area contributed by atoms with Crippen LogP contribution in [0, 0.1) is 12.8 Å². The molecule has 1 aromatic heterocycles. The van der Waals surface area contributed by atoms with E-state index in [2.05, 4.69) is 15.5 Å². The predicted molar refractivity (Wildman–Crippen MR) is 122 cm³/mol. The highest BCUT2D eigenvalue weighted by Crippen LogP contribution is 2.36. The summed E-state index contributed by atoms with van der Waals surface area (Å²) in [6.07, 6.45) is 3.52. The lowest BCUT2D eigenvalue weighted by molar-refractivity contribution is -0.122. The number of halogens is 1. The van der Waals surface area contributed by atoms with Gasteiger partial charge in [0.25, 0.3) is 0 Å². The van der Waals surface area contributed by atoms with Crippen molar-refractivity contribution >= 4 is 34.8 Å². The van der Waals surface area contributed by atoms with Crippen LogP contribution < -0.4 is 10.2 Å². The van der Waals surface area contributed by atoms with Gasteiger partial charge in [-0.2, -0.15) is 4.98 Å². The van der Waals surface area contributed by atoms with Gasteiger partial charge in [0, 0.05) is 40.8 Å². The Bertz CT molecular complexity index is 1190. The maximum atomic E-state index is 12.8. The molecule has 7 nitrogen and oxygen atoms in total. The zero-order chi connectivity index (χ0) is 22.2. The lowest BCUT2D eigenvalue weighted by Crippen LogP contribution is -2.28. The number of carbonyl (C=O) groups is 2. The number of hydrogen-bond acceptors (Lipinski definition) is 5. The van der Waals surface area contributed by atoms with E-state index in [1.165, 1.54) is 6.42 Å². The van der Waals surface area contributed by atoms with Crippen molar-refractivity contribution in [3.05, 3.63) is 58.9 Å². The minimum absolute atomic E-state index is 0.0903. The Morgan fingerprint density at radius 1 is 1.22 bits per heavy atom. The van der Waals surface area contributed by atoms with Crippen molar-refractivity contribution in [1.29, 1.82) is 0 Å². The topological polar surface area (TPSA) is 88.3 Å². The maximum Gasteiger partial charge on any atom is 0.230 e. The number of benzene rings is 2. The van der Waals surface area contributed by atoms with Crippen molar-refractivity contribution < 1.29 is 14.1 Å². The smallest absolute Gasteiger partial charge is 0.230 e. The molecule has 1 N–H and O–H groups in total. The number of rotatable bonds is 5. The van der Waals surface area contributed by atoms with Crippen molar-refractivity contribution in [2.75, 3.05) is 16.8 Å². The third kappa shape index (κ3) is 4.00. The molecule has 8 heteroatoms. The third-order valence-corrected chi connectivity index (χ3v) is 6.65. The van der Waals surface area contributed by atoms with E-state index in [1.54, 1.807) is 17.0 Å². The van der Waals surface area contributed by atoms with E-state index >= 15 is 0 Å². The quantitative estimate of drug-likeness (QED) is 0.593. The molecule has 0 spiro atoms. The SMILES string of the molecule is Cc1ccc(NC(=O)[C@H]2CC(=O)N(c3cccc(-c4noc(C5CCC5)n4)c3)C2)cc1Cl. The molecule has 3 aromatic rings. The summed E-state index contributed by atoms with van der Waals surface area (Å²) in [6, 6.07) is 12.9. The average molecular weight is 451 g/mol. The first-order valence-corrected chi connectivity index (χ1v) is 11.2. The number of aryl methyl sites for hydroxylation is 1. The second-order valence-electron chi connectivity index (χ2n) is 8.49. The second-order valence-corrected chi connectivity index (χ2v) is 8.90. The molecule has 1 saturated carbocycles. The molecule has 0 radical (unpaired) electrons. The highest BCUT2D eigenvalue weighted by Gasteiger charge is 2.35. The Balaban J connectivity index is 1.29. The van der Waals surface area contributed by atoms with Crippen LogP contribution >= 0.6 is 11.6 Å². The van der Waals surface area contributed by atoms with Gasteiger partial charge in [-0.25, -0.2) is 0 Å². The fraction of sp³-hybridized carbons (Fsp3) is 0.333. The molecular formula is C24H23ClN4O3. The Labute approximate surface area is 190 Å². The number of anilines is 2. The molecule has 164 valence electrons. The third-order valence-electron chi connectivity index (χ3n) is 6.25. The van der Waals surface area contributed by atoms with Gasteiger partial charge in [0.05, 0.1) is 5.92 Å². The summed E-state index contributed by atoms with van der Waals surface area (Å²) in [5.74, 6) is 0.837. The van der Waals surface area contributed by atoms with Gasteiger partial charge >= 0.3 is 0 Å². The second kappa shape index (κ2) is 8.39. The first-order chi connectivity index (χ1) is 15.5. The Morgan fingerprint density at radius 3 is 2.81 bits per heavy atom. The first-order valence-electron chi connectivity index (χ1n) is 10.8. The molecular weight excluding hydrogens is 428 g/mol. The van der Waals surface area contributed by atoms with Gasteiger partial charge < -0.3 is 14.7 Å². The molecule has 2 aromatic carbocycles. The highest BCUT2D eigenvalue weighted by molar-refractivity contribution is 6.31. The van der Waals surface area contributed by atoms with Crippen LogP contribution in [0.1, 0.15) is 43.1 Å². The van der Waals surface area contributed by atoms with Gasteiger partial charge in [-0.05, 0) is 49.6 Å². The first kappa shape index (κ1) is 20.7. The minimum atomic E-state index is -0.443. The van der Waals surface area contributed by atoms with Crippen molar-refractivity contribution in [3.63, 3.8) is 0 Å². The van der Waals surface area contributed by atoms with Gasteiger partial charge in [-0.1, -0.05) is 41.4 Å². The molecule has 1 saturated heterocycles. The maximum absolute atomic E-state index is 12.8. The lowest BCUT2D eigenvalue weighted by Gasteiger charge is -2.20. The molecule has 32 heavy (non-hydrogen) atoms. The van der Waals surface area contributed by atoms with E-state index in [9.17, 15) is 9.59 Å². The van der Waals surface area contributed by atoms with Gasteiger partial charge in [-0.15, -0.1) is 0 Å². The van der Waals surface area contributed by atoms with Crippen LogP contribution in [0.15, 0.2) is 47.0 Å². The molecule has 0 bridgehead atoms. The van der Waals surface area contributed by atoms with Crippen LogP contribution in [0.4, 0.5) is 11.4 Å². The summed E-state index contributed by atoms with van der Waals surface area (Å²) in [5.41, 5.74) is 3.06. The van der Waals surface area contributed by atoms with E-state index in [-0.39, 0.29) is 18.2 Å². The summed E-state index contributed by atoms with van der Waals surface area (Å²) in [5, 5.41) is 7.57. The van der Waals surface area contributed by atoms with Crippen molar-refractivity contribution in [2.45, 2.75) is 38.5 Å². The Hall–Kier alpha value is -3.19. The van der Waals surface area contributed by atoms with E-state index < -0.39 is 5.92 Å². The van der Waals surface area contributed by atoms with E-state index in [1.807, 2.05) is 37.3 Å². The summed E-state index contributed by atoms with van der Waals surface area (Å²) >= 11 is 6.15. The largest absolute Gasteiger partial charge is 0.339 e. The summed E-state index contributed by atoms with van der Waals surface area (Å²) in [4.78, 5) is 31.6. The van der Waals surface area contributed by atoms with Crippen LogP contribution in [-0.4, -0.2) is 28.5 Å². The molecule has 2 aliphatic rings. The molecule has 1 atom stereocenters. The van der Waals surface area contributed by atoms with E-state index in [0.717, 1.165) is 29.7 Å². The van der Waals surface area contributed by atoms with Crippen molar-refractivity contribution in [1.82, 2.24) is 10.1 Å². The predicted octanol–water partition coefficient (Wildman–Crippen LogP) is 4.96. The number of carbonyl (C=O) groups excluding carboxylic acids is 2. The van der Waals surface area contributed by atoms with Crippen LogP contribution in [0.3, 0.4) is 0 Å². The Morgan fingerprint density at radius 2 is 2.06 bits per heavy atom. The van der Waals surface area contributed by atoms with Gasteiger partial charge in [0.2, 0.25) is 23.5 Å². The molecule has 0 unspecified atom stereocenters. The Kier molecular flexibility index (Phi) is 5.43. The van der Waals surface area contributed by atoms with Crippen LogP contribution in [0.2, 0.25) is 5.02 Å². The monoisotopic (exact) mass is 450 g/mol. The number of nitrogens with zero attached hydrogens (tertiary/aromatic N) is 3. The fourth-order valence-electron chi connectivity index (χ4n) is 4.03. The lowest BCUT2D eigenvalue weighted by atomic mass is 9.85. The normalized spacial score (nSPS) is 18.6.